The minimum atomic E-state index is -3.57. The second-order valence-corrected chi connectivity index (χ2v) is 5.16. The number of urea groups is 1. The summed E-state index contributed by atoms with van der Waals surface area (Å²) in [6, 6.07) is -0.835. The molecule has 9 heteroatoms. The van der Waals surface area contributed by atoms with Gasteiger partial charge in [-0.1, -0.05) is 0 Å². The largest absolute Gasteiger partial charge is 0.351 e. The van der Waals surface area contributed by atoms with Gasteiger partial charge in [0.1, 0.15) is 0 Å². The van der Waals surface area contributed by atoms with Gasteiger partial charge in [0.25, 0.3) is 10.0 Å². The number of hydrogen-bond acceptors (Lipinski definition) is 4. The Morgan fingerprint density at radius 2 is 2.31 bits per heavy atom. The van der Waals surface area contributed by atoms with E-state index in [4.69, 9.17) is 5.73 Å². The number of H-pyrrole nitrogens is 1. The number of primary amides is 1. The molecule has 16 heavy (non-hydrogen) atoms. The van der Waals surface area contributed by atoms with E-state index in [-0.39, 0.29) is 11.1 Å². The molecule has 0 aliphatic carbocycles. The highest BCUT2D eigenvalue weighted by atomic mass is 32.2. The number of aromatic nitrogens is 2. The quantitative estimate of drug-likeness (QED) is 0.596. The molecule has 1 fully saturated rings. The van der Waals surface area contributed by atoms with Crippen LogP contribution in [-0.4, -0.2) is 48.4 Å². The Labute approximate surface area is 91.9 Å². The van der Waals surface area contributed by atoms with Crippen LogP contribution in [0.1, 0.15) is 0 Å². The summed E-state index contributed by atoms with van der Waals surface area (Å²) in [5.74, 6) is 0. The predicted molar refractivity (Wildman–Crippen MR) is 53.9 cm³/mol. The normalized spacial score (nSPS) is 17.1. The van der Waals surface area contributed by atoms with Crippen molar-refractivity contribution < 1.29 is 13.2 Å². The second kappa shape index (κ2) is 3.76. The molecule has 2 amide bonds. The van der Waals surface area contributed by atoms with E-state index in [2.05, 4.69) is 14.7 Å². The summed E-state index contributed by atoms with van der Waals surface area (Å²) in [5, 5.41) is 0.00465. The summed E-state index contributed by atoms with van der Waals surface area (Å²) in [5.41, 5.74) is 5.01. The summed E-state index contributed by atoms with van der Waals surface area (Å²) in [4.78, 5) is 18.1. The molecule has 1 aromatic heterocycles. The van der Waals surface area contributed by atoms with Crippen molar-refractivity contribution in [2.45, 2.75) is 11.1 Å². The number of sulfonamides is 1. The lowest BCUT2D eigenvalue weighted by Crippen LogP contribution is -2.62. The highest BCUT2D eigenvalue weighted by Gasteiger charge is 2.33. The molecule has 0 radical (unpaired) electrons. The smallest absolute Gasteiger partial charge is 0.314 e. The third kappa shape index (κ3) is 1.99. The minimum Gasteiger partial charge on any atom is -0.351 e. The van der Waals surface area contributed by atoms with Crippen molar-refractivity contribution in [1.29, 1.82) is 0 Å². The van der Waals surface area contributed by atoms with Crippen molar-refractivity contribution in [2.75, 3.05) is 13.1 Å². The first kappa shape index (κ1) is 10.9. The van der Waals surface area contributed by atoms with Gasteiger partial charge >= 0.3 is 6.03 Å². The standard InChI is InChI=1S/C7H11N5O3S/c8-7(13)12-2-5(3-12)11-16(14,15)6-1-9-4-10-6/h1,4-5,11H,2-3H2,(H2,8,13)(H,9,10). The molecule has 1 aliphatic heterocycles. The average molecular weight is 245 g/mol. The van der Waals surface area contributed by atoms with E-state index in [1.54, 1.807) is 0 Å². The van der Waals surface area contributed by atoms with Crippen LogP contribution in [0.3, 0.4) is 0 Å². The number of carbonyl (C=O) groups excluding carboxylic acids is 1. The zero-order valence-electron chi connectivity index (χ0n) is 8.25. The topological polar surface area (TPSA) is 121 Å². The zero-order chi connectivity index (χ0) is 11.8. The number of nitrogens with zero attached hydrogens (tertiary/aromatic N) is 2. The van der Waals surface area contributed by atoms with E-state index < -0.39 is 16.1 Å². The van der Waals surface area contributed by atoms with Gasteiger partial charge in [-0.3, -0.25) is 0 Å². The first-order chi connectivity index (χ1) is 7.49. The van der Waals surface area contributed by atoms with Crippen LogP contribution in [0.4, 0.5) is 4.79 Å². The number of likely N-dealkylation sites (tertiary alicyclic amines) is 1. The van der Waals surface area contributed by atoms with Gasteiger partial charge in [0, 0.05) is 13.1 Å². The van der Waals surface area contributed by atoms with Gasteiger partial charge in [-0.05, 0) is 0 Å². The number of nitrogens with one attached hydrogen (secondary N) is 2. The molecular formula is C7H11N5O3S. The number of rotatable bonds is 3. The Kier molecular flexibility index (Phi) is 2.56. The molecule has 0 atom stereocenters. The Morgan fingerprint density at radius 1 is 1.62 bits per heavy atom. The van der Waals surface area contributed by atoms with E-state index >= 15 is 0 Å². The van der Waals surface area contributed by atoms with Crippen LogP contribution in [0.25, 0.3) is 0 Å². The molecule has 2 rings (SSSR count). The molecule has 2 heterocycles. The lowest BCUT2D eigenvalue weighted by atomic mass is 10.1. The monoisotopic (exact) mass is 245 g/mol. The summed E-state index contributed by atoms with van der Waals surface area (Å²) in [6.07, 6.45) is 2.50. The maximum atomic E-state index is 11.7. The SMILES string of the molecule is NC(=O)N1CC(NS(=O)(=O)c2cnc[nH]2)C1. The first-order valence-corrected chi connectivity index (χ1v) is 6.02. The predicted octanol–water partition coefficient (Wildman–Crippen LogP) is -1.55. The molecule has 0 aromatic carbocycles. The van der Waals surface area contributed by atoms with Crippen molar-refractivity contribution >= 4 is 16.1 Å². The number of carbonyl (C=O) groups is 1. The third-order valence-electron chi connectivity index (χ3n) is 2.28. The van der Waals surface area contributed by atoms with Crippen molar-refractivity contribution in [2.24, 2.45) is 5.73 Å². The Morgan fingerprint density at radius 3 is 2.81 bits per heavy atom. The first-order valence-electron chi connectivity index (χ1n) is 4.54. The summed E-state index contributed by atoms with van der Waals surface area (Å²) >= 11 is 0. The highest BCUT2D eigenvalue weighted by molar-refractivity contribution is 7.89. The van der Waals surface area contributed by atoms with Crippen LogP contribution in [0.15, 0.2) is 17.6 Å². The molecule has 1 saturated heterocycles. The van der Waals surface area contributed by atoms with E-state index in [1.807, 2.05) is 0 Å². The zero-order valence-corrected chi connectivity index (χ0v) is 9.07. The van der Waals surface area contributed by atoms with Crippen molar-refractivity contribution in [3.63, 3.8) is 0 Å². The molecule has 0 saturated carbocycles. The molecule has 0 bridgehead atoms. The Bertz CT molecular complexity index is 476. The molecule has 1 aliphatic rings. The van der Waals surface area contributed by atoms with Crippen LogP contribution in [0.2, 0.25) is 0 Å². The average Bonchev–Trinajstić information content (AvgIpc) is 2.62. The van der Waals surface area contributed by atoms with Gasteiger partial charge in [-0.25, -0.2) is 22.9 Å². The Balaban J connectivity index is 1.95. The van der Waals surface area contributed by atoms with Crippen LogP contribution in [-0.2, 0) is 10.0 Å². The van der Waals surface area contributed by atoms with Gasteiger partial charge in [0.15, 0.2) is 5.03 Å². The lowest BCUT2D eigenvalue weighted by Gasteiger charge is -2.37. The fraction of sp³-hybridized carbons (Fsp3) is 0.429. The van der Waals surface area contributed by atoms with Crippen molar-refractivity contribution in [1.82, 2.24) is 19.6 Å². The number of nitrogens with two attached hydrogens (primary N) is 1. The van der Waals surface area contributed by atoms with Gasteiger partial charge in [-0.2, -0.15) is 0 Å². The van der Waals surface area contributed by atoms with Crippen molar-refractivity contribution in [3.8, 4) is 0 Å². The lowest BCUT2D eigenvalue weighted by molar-refractivity contribution is 0.155. The maximum absolute atomic E-state index is 11.7. The van der Waals surface area contributed by atoms with Crippen molar-refractivity contribution in [3.05, 3.63) is 12.5 Å². The molecule has 1 aromatic rings. The fourth-order valence-corrected chi connectivity index (χ4v) is 2.53. The minimum absolute atomic E-state index is 0.00465. The molecule has 4 N–H and O–H groups in total. The van der Waals surface area contributed by atoms with E-state index in [0.717, 1.165) is 0 Å². The Hall–Kier alpha value is -1.61. The molecule has 8 nitrogen and oxygen atoms in total. The van der Waals surface area contributed by atoms with Gasteiger partial charge in [0.05, 0.1) is 18.6 Å². The van der Waals surface area contributed by atoms with Gasteiger partial charge in [0.2, 0.25) is 0 Å². The fourth-order valence-electron chi connectivity index (χ4n) is 1.41. The molecular weight excluding hydrogens is 234 g/mol. The number of aromatic amines is 1. The summed E-state index contributed by atoms with van der Waals surface area (Å²) in [7, 11) is -3.57. The third-order valence-corrected chi connectivity index (χ3v) is 3.72. The molecule has 88 valence electrons. The van der Waals surface area contributed by atoms with Crippen LogP contribution in [0, 0.1) is 0 Å². The van der Waals surface area contributed by atoms with Gasteiger partial charge < -0.3 is 15.6 Å². The maximum Gasteiger partial charge on any atom is 0.314 e. The van der Waals surface area contributed by atoms with Gasteiger partial charge in [-0.15, -0.1) is 0 Å². The van der Waals surface area contributed by atoms with Crippen LogP contribution >= 0.6 is 0 Å². The van der Waals surface area contributed by atoms with Crippen LogP contribution in [0.5, 0.6) is 0 Å². The highest BCUT2D eigenvalue weighted by Crippen LogP contribution is 2.11. The van der Waals surface area contributed by atoms with E-state index in [1.165, 1.54) is 17.4 Å². The number of imidazole rings is 1. The van der Waals surface area contributed by atoms with E-state index in [0.29, 0.717) is 13.1 Å². The summed E-state index contributed by atoms with van der Waals surface area (Å²) < 4.78 is 25.7. The number of amides is 2. The number of hydrogen-bond donors (Lipinski definition) is 3. The summed E-state index contributed by atoms with van der Waals surface area (Å²) in [6.45, 7) is 0.589. The van der Waals surface area contributed by atoms with E-state index in [9.17, 15) is 13.2 Å². The molecule has 0 spiro atoms. The molecule has 0 unspecified atom stereocenters. The second-order valence-electron chi connectivity index (χ2n) is 3.48. The van der Waals surface area contributed by atoms with Crippen LogP contribution < -0.4 is 10.5 Å².